The molecular weight excluding hydrogens is 375 g/mol. The maximum Gasteiger partial charge on any atom is 0.193 e. The second-order valence-electron chi connectivity index (χ2n) is 5.20. The van der Waals surface area contributed by atoms with Crippen LogP contribution in [0.1, 0.15) is 31.4 Å². The van der Waals surface area contributed by atoms with E-state index in [4.69, 9.17) is 5.73 Å². The summed E-state index contributed by atoms with van der Waals surface area (Å²) in [6, 6.07) is 6.29. The molecule has 0 unspecified atom stereocenters. The van der Waals surface area contributed by atoms with Crippen molar-refractivity contribution in [3.05, 3.63) is 29.3 Å². The minimum absolute atomic E-state index is 0. The van der Waals surface area contributed by atoms with E-state index in [1.807, 2.05) is 0 Å². The summed E-state index contributed by atoms with van der Waals surface area (Å²) in [5.41, 5.74) is 9.38. The SMILES string of the molecule is CCCN(CC)CCN=C(N)Nc1cc(C)cc(C)c1.I. The minimum atomic E-state index is 0. The molecule has 0 amide bonds. The molecule has 0 aromatic heterocycles. The molecule has 1 aromatic carbocycles. The van der Waals surface area contributed by atoms with E-state index in [0.29, 0.717) is 5.96 Å². The van der Waals surface area contributed by atoms with E-state index in [9.17, 15) is 0 Å². The number of halogens is 1. The predicted octanol–water partition coefficient (Wildman–Crippen LogP) is 3.38. The van der Waals surface area contributed by atoms with E-state index in [2.05, 4.69) is 61.1 Å². The number of nitrogens with one attached hydrogen (secondary N) is 1. The Kier molecular flexibility index (Phi) is 10.4. The van der Waals surface area contributed by atoms with Crippen molar-refractivity contribution >= 4 is 35.6 Å². The van der Waals surface area contributed by atoms with Crippen LogP contribution >= 0.6 is 24.0 Å². The molecule has 0 spiro atoms. The predicted molar refractivity (Wildman–Crippen MR) is 104 cm³/mol. The van der Waals surface area contributed by atoms with Crippen LogP contribution in [-0.2, 0) is 0 Å². The number of anilines is 1. The smallest absolute Gasteiger partial charge is 0.193 e. The summed E-state index contributed by atoms with van der Waals surface area (Å²) in [5, 5.41) is 3.16. The molecule has 0 saturated heterocycles. The monoisotopic (exact) mass is 404 g/mol. The Morgan fingerprint density at radius 3 is 2.29 bits per heavy atom. The highest BCUT2D eigenvalue weighted by molar-refractivity contribution is 14.0. The van der Waals surface area contributed by atoms with Gasteiger partial charge in [-0.25, -0.2) is 0 Å². The summed E-state index contributed by atoms with van der Waals surface area (Å²) >= 11 is 0. The van der Waals surface area contributed by atoms with Crippen LogP contribution in [0.25, 0.3) is 0 Å². The van der Waals surface area contributed by atoms with Crippen LogP contribution in [0.3, 0.4) is 0 Å². The topological polar surface area (TPSA) is 53.6 Å². The summed E-state index contributed by atoms with van der Waals surface area (Å²) in [5.74, 6) is 0.488. The van der Waals surface area contributed by atoms with Crippen LogP contribution in [0.4, 0.5) is 5.69 Å². The van der Waals surface area contributed by atoms with Gasteiger partial charge in [-0.3, -0.25) is 4.99 Å². The zero-order valence-corrected chi connectivity index (χ0v) is 16.0. The van der Waals surface area contributed by atoms with Crippen molar-refractivity contribution in [3.8, 4) is 0 Å². The summed E-state index contributed by atoms with van der Waals surface area (Å²) in [6.45, 7) is 12.4. The lowest BCUT2D eigenvalue weighted by Gasteiger charge is -2.18. The molecule has 1 rings (SSSR count). The number of hydrogen-bond acceptors (Lipinski definition) is 2. The Hall–Kier alpha value is -0.820. The third-order valence-electron chi connectivity index (χ3n) is 3.18. The standard InChI is InChI=1S/C16H28N4.HI/c1-5-8-20(6-2)9-7-18-16(17)19-15-11-13(3)10-14(4)12-15;/h10-12H,5-9H2,1-4H3,(H3,17,18,19);1H. The van der Waals surface area contributed by atoms with Gasteiger partial charge in [-0.2, -0.15) is 0 Å². The number of rotatable bonds is 7. The molecule has 4 nitrogen and oxygen atoms in total. The minimum Gasteiger partial charge on any atom is -0.370 e. The first-order chi connectivity index (χ1) is 9.55. The molecule has 5 heteroatoms. The third kappa shape index (κ3) is 8.26. The van der Waals surface area contributed by atoms with Gasteiger partial charge in [0.2, 0.25) is 0 Å². The van der Waals surface area contributed by atoms with Crippen LogP contribution in [0.15, 0.2) is 23.2 Å². The van der Waals surface area contributed by atoms with E-state index in [0.717, 1.165) is 31.9 Å². The van der Waals surface area contributed by atoms with Crippen molar-refractivity contribution in [1.29, 1.82) is 0 Å². The average Bonchev–Trinajstić information content (AvgIpc) is 2.36. The summed E-state index contributed by atoms with van der Waals surface area (Å²) in [4.78, 5) is 6.77. The van der Waals surface area contributed by atoms with Gasteiger partial charge in [0.15, 0.2) is 5.96 Å². The van der Waals surface area contributed by atoms with E-state index >= 15 is 0 Å². The first kappa shape index (κ1) is 20.2. The Morgan fingerprint density at radius 1 is 1.14 bits per heavy atom. The fraction of sp³-hybridized carbons (Fsp3) is 0.562. The molecule has 0 bridgehead atoms. The van der Waals surface area contributed by atoms with Gasteiger partial charge in [-0.1, -0.05) is 19.9 Å². The number of guanidine groups is 1. The lowest BCUT2D eigenvalue weighted by Crippen LogP contribution is -2.29. The molecule has 0 saturated carbocycles. The van der Waals surface area contributed by atoms with Crippen LogP contribution in [0, 0.1) is 13.8 Å². The highest BCUT2D eigenvalue weighted by atomic mass is 127. The molecule has 0 heterocycles. The molecule has 0 aliphatic rings. The summed E-state index contributed by atoms with van der Waals surface area (Å²) in [7, 11) is 0. The quantitative estimate of drug-likeness (QED) is 0.416. The molecule has 1 aromatic rings. The Balaban J connectivity index is 0.00000400. The molecule has 0 radical (unpaired) electrons. The van der Waals surface area contributed by atoms with Crippen molar-refractivity contribution < 1.29 is 0 Å². The van der Waals surface area contributed by atoms with E-state index in [-0.39, 0.29) is 24.0 Å². The van der Waals surface area contributed by atoms with Gasteiger partial charge in [0.1, 0.15) is 0 Å². The first-order valence-electron chi connectivity index (χ1n) is 7.42. The Bertz CT molecular complexity index is 426. The summed E-state index contributed by atoms with van der Waals surface area (Å²) in [6.07, 6.45) is 1.17. The maximum atomic E-state index is 5.93. The van der Waals surface area contributed by atoms with Crippen LogP contribution < -0.4 is 11.1 Å². The molecule has 120 valence electrons. The number of aliphatic imine (C=N–C) groups is 1. The third-order valence-corrected chi connectivity index (χ3v) is 3.18. The van der Waals surface area contributed by atoms with Crippen LogP contribution in [0.5, 0.6) is 0 Å². The Labute approximate surface area is 146 Å². The van der Waals surface area contributed by atoms with Gasteiger partial charge in [-0.15, -0.1) is 24.0 Å². The second kappa shape index (κ2) is 10.8. The van der Waals surface area contributed by atoms with Gasteiger partial charge >= 0.3 is 0 Å². The summed E-state index contributed by atoms with van der Waals surface area (Å²) < 4.78 is 0. The highest BCUT2D eigenvalue weighted by Gasteiger charge is 2.00. The first-order valence-corrected chi connectivity index (χ1v) is 7.42. The van der Waals surface area contributed by atoms with Crippen molar-refractivity contribution in [2.75, 3.05) is 31.5 Å². The molecule has 0 aliphatic carbocycles. The second-order valence-corrected chi connectivity index (χ2v) is 5.20. The molecule has 0 aliphatic heterocycles. The molecule has 21 heavy (non-hydrogen) atoms. The maximum absolute atomic E-state index is 5.93. The highest BCUT2D eigenvalue weighted by Crippen LogP contribution is 2.13. The number of nitrogens with zero attached hydrogens (tertiary/aromatic N) is 2. The van der Waals surface area contributed by atoms with Gasteiger partial charge in [0.05, 0.1) is 6.54 Å². The normalized spacial score (nSPS) is 11.4. The lowest BCUT2D eigenvalue weighted by atomic mass is 10.1. The molecular formula is C16H29IN4. The van der Waals surface area contributed by atoms with E-state index < -0.39 is 0 Å². The van der Waals surface area contributed by atoms with Crippen molar-refractivity contribution in [2.24, 2.45) is 10.7 Å². The average molecular weight is 404 g/mol. The largest absolute Gasteiger partial charge is 0.370 e. The molecule has 0 fully saturated rings. The van der Waals surface area contributed by atoms with E-state index in [1.165, 1.54) is 17.5 Å². The lowest BCUT2D eigenvalue weighted by molar-refractivity contribution is 0.297. The van der Waals surface area contributed by atoms with Gasteiger partial charge in [0.25, 0.3) is 0 Å². The molecule has 0 atom stereocenters. The fourth-order valence-corrected chi connectivity index (χ4v) is 2.29. The Morgan fingerprint density at radius 2 is 1.76 bits per heavy atom. The molecule has 3 N–H and O–H groups in total. The number of hydrogen-bond donors (Lipinski definition) is 2. The van der Waals surface area contributed by atoms with Gasteiger partial charge in [-0.05, 0) is 56.6 Å². The van der Waals surface area contributed by atoms with Crippen LogP contribution in [0.2, 0.25) is 0 Å². The van der Waals surface area contributed by atoms with Gasteiger partial charge < -0.3 is 16.0 Å². The van der Waals surface area contributed by atoms with E-state index in [1.54, 1.807) is 0 Å². The van der Waals surface area contributed by atoms with Crippen LogP contribution in [-0.4, -0.2) is 37.0 Å². The number of likely N-dealkylation sites (N-methyl/N-ethyl adjacent to an activating group) is 1. The van der Waals surface area contributed by atoms with Crippen molar-refractivity contribution in [3.63, 3.8) is 0 Å². The number of nitrogens with two attached hydrogens (primary N) is 1. The zero-order chi connectivity index (χ0) is 15.0. The number of benzene rings is 1. The fourth-order valence-electron chi connectivity index (χ4n) is 2.29. The zero-order valence-electron chi connectivity index (χ0n) is 13.6. The van der Waals surface area contributed by atoms with Crippen molar-refractivity contribution in [1.82, 2.24) is 4.90 Å². The number of aryl methyl sites for hydroxylation is 2. The van der Waals surface area contributed by atoms with Gasteiger partial charge in [0, 0.05) is 12.2 Å². The van der Waals surface area contributed by atoms with Crippen molar-refractivity contribution in [2.45, 2.75) is 34.1 Å².